The van der Waals surface area contributed by atoms with Gasteiger partial charge < -0.3 is 5.32 Å². The molecule has 10 heavy (non-hydrogen) atoms. The van der Waals surface area contributed by atoms with Crippen LogP contribution in [0.3, 0.4) is 0 Å². The number of amidine groups is 1. The van der Waals surface area contributed by atoms with Gasteiger partial charge in [-0.25, -0.2) is 4.99 Å². The van der Waals surface area contributed by atoms with Crippen LogP contribution in [0.4, 0.5) is 0 Å². The second-order valence-corrected chi connectivity index (χ2v) is 2.17. The van der Waals surface area contributed by atoms with Gasteiger partial charge in [-0.3, -0.25) is 4.99 Å². The Kier molecular flexibility index (Phi) is 1.91. The fraction of sp³-hybridized carbons (Fsp3) is 0.167. The van der Waals surface area contributed by atoms with Gasteiger partial charge in [0.15, 0.2) is 5.11 Å². The summed E-state index contributed by atoms with van der Waals surface area (Å²) in [5, 5.41) is 3.24. The molecule has 0 bridgehead atoms. The van der Waals surface area contributed by atoms with Crippen molar-refractivity contribution in [2.75, 3.05) is 7.05 Å². The SMILES string of the molecule is C=C1C=NC(=S)NC1=NC. The molecule has 0 fully saturated rings. The zero-order valence-electron chi connectivity index (χ0n) is 5.59. The van der Waals surface area contributed by atoms with Crippen LogP contribution in [-0.4, -0.2) is 24.2 Å². The fourth-order valence-electron chi connectivity index (χ4n) is 0.611. The van der Waals surface area contributed by atoms with Crippen LogP contribution in [0.2, 0.25) is 0 Å². The number of aliphatic imine (C=N–C) groups is 2. The first-order valence-electron chi connectivity index (χ1n) is 2.75. The van der Waals surface area contributed by atoms with Crippen LogP contribution in [0.1, 0.15) is 0 Å². The number of hydrogen-bond donors (Lipinski definition) is 1. The first-order valence-corrected chi connectivity index (χ1v) is 3.16. The van der Waals surface area contributed by atoms with E-state index in [1.807, 2.05) is 0 Å². The monoisotopic (exact) mass is 153 g/mol. The van der Waals surface area contributed by atoms with E-state index >= 15 is 0 Å². The Morgan fingerprint density at radius 3 is 3.00 bits per heavy atom. The number of nitrogens with zero attached hydrogens (tertiary/aromatic N) is 2. The molecule has 0 aromatic rings. The topological polar surface area (TPSA) is 36.8 Å². The van der Waals surface area contributed by atoms with E-state index in [9.17, 15) is 0 Å². The van der Waals surface area contributed by atoms with Crippen LogP contribution < -0.4 is 5.32 Å². The van der Waals surface area contributed by atoms with Gasteiger partial charge >= 0.3 is 0 Å². The van der Waals surface area contributed by atoms with Crippen molar-refractivity contribution in [2.24, 2.45) is 9.98 Å². The summed E-state index contributed by atoms with van der Waals surface area (Å²) in [7, 11) is 1.68. The van der Waals surface area contributed by atoms with Gasteiger partial charge in [-0.1, -0.05) is 6.58 Å². The highest BCUT2D eigenvalue weighted by atomic mass is 32.1. The normalized spacial score (nSPS) is 21.5. The average molecular weight is 153 g/mol. The second-order valence-electron chi connectivity index (χ2n) is 1.79. The summed E-state index contributed by atoms with van der Waals surface area (Å²) in [6.07, 6.45) is 1.60. The van der Waals surface area contributed by atoms with E-state index in [1.54, 1.807) is 13.3 Å². The Balaban J connectivity index is 2.92. The van der Waals surface area contributed by atoms with Crippen molar-refractivity contribution in [1.82, 2.24) is 5.32 Å². The lowest BCUT2D eigenvalue weighted by Crippen LogP contribution is -2.33. The van der Waals surface area contributed by atoms with Crippen LogP contribution in [0.25, 0.3) is 0 Å². The molecule has 52 valence electrons. The van der Waals surface area contributed by atoms with Crippen LogP contribution in [0.5, 0.6) is 0 Å². The van der Waals surface area contributed by atoms with Gasteiger partial charge in [-0.15, -0.1) is 0 Å². The highest BCUT2D eigenvalue weighted by Gasteiger charge is 2.07. The van der Waals surface area contributed by atoms with E-state index in [0.29, 0.717) is 10.9 Å². The van der Waals surface area contributed by atoms with E-state index in [0.717, 1.165) is 5.57 Å². The molecule has 0 saturated heterocycles. The lowest BCUT2D eigenvalue weighted by Gasteiger charge is -2.10. The predicted molar refractivity (Wildman–Crippen MR) is 46.7 cm³/mol. The molecule has 1 N–H and O–H groups in total. The van der Waals surface area contributed by atoms with Gasteiger partial charge in [0, 0.05) is 18.8 Å². The molecule has 0 spiro atoms. The standard InChI is InChI=1S/C6H7N3S/c1-4-3-8-6(10)9-5(4)7-2/h3H,1H2,2H3,(H,7,9,10). The summed E-state index contributed by atoms with van der Waals surface area (Å²) in [6.45, 7) is 3.70. The second kappa shape index (κ2) is 2.70. The van der Waals surface area contributed by atoms with Crippen molar-refractivity contribution in [1.29, 1.82) is 0 Å². The van der Waals surface area contributed by atoms with Crippen molar-refractivity contribution in [3.8, 4) is 0 Å². The van der Waals surface area contributed by atoms with Crippen LogP contribution in [0, 0.1) is 0 Å². The highest BCUT2D eigenvalue weighted by Crippen LogP contribution is 1.95. The molecular formula is C6H7N3S. The maximum absolute atomic E-state index is 4.77. The Bertz CT molecular complexity index is 239. The van der Waals surface area contributed by atoms with Crippen molar-refractivity contribution in [3.05, 3.63) is 12.2 Å². The van der Waals surface area contributed by atoms with Crippen LogP contribution in [-0.2, 0) is 0 Å². The minimum atomic E-state index is 0.438. The maximum Gasteiger partial charge on any atom is 0.198 e. The van der Waals surface area contributed by atoms with Gasteiger partial charge in [0.05, 0.1) is 0 Å². The largest absolute Gasteiger partial charge is 0.315 e. The Morgan fingerprint density at radius 2 is 2.50 bits per heavy atom. The molecule has 1 heterocycles. The van der Waals surface area contributed by atoms with E-state index in [1.165, 1.54) is 0 Å². The Morgan fingerprint density at radius 1 is 1.80 bits per heavy atom. The van der Waals surface area contributed by atoms with E-state index < -0.39 is 0 Å². The van der Waals surface area contributed by atoms with Crippen molar-refractivity contribution in [2.45, 2.75) is 0 Å². The lowest BCUT2D eigenvalue weighted by atomic mass is 10.3. The molecule has 0 amide bonds. The van der Waals surface area contributed by atoms with E-state index in [2.05, 4.69) is 21.9 Å². The predicted octanol–water partition coefficient (Wildman–Crippen LogP) is 0.530. The molecule has 0 aromatic carbocycles. The van der Waals surface area contributed by atoms with Gasteiger partial charge in [0.2, 0.25) is 0 Å². The van der Waals surface area contributed by atoms with Crippen LogP contribution >= 0.6 is 12.2 Å². The highest BCUT2D eigenvalue weighted by molar-refractivity contribution is 7.80. The minimum absolute atomic E-state index is 0.438. The number of nitrogens with one attached hydrogen (secondary N) is 1. The molecule has 0 aromatic heterocycles. The van der Waals surface area contributed by atoms with Gasteiger partial charge in [-0.2, -0.15) is 0 Å². The summed E-state index contributed by atoms with van der Waals surface area (Å²) >= 11 is 4.77. The third-order valence-corrected chi connectivity index (χ3v) is 1.30. The third kappa shape index (κ3) is 1.27. The molecule has 3 nitrogen and oxygen atoms in total. The number of rotatable bonds is 0. The first kappa shape index (κ1) is 7.08. The summed E-state index contributed by atoms with van der Waals surface area (Å²) in [5.41, 5.74) is 0.760. The van der Waals surface area contributed by atoms with Gasteiger partial charge in [0.1, 0.15) is 5.84 Å². The lowest BCUT2D eigenvalue weighted by molar-refractivity contribution is 1.28. The smallest absolute Gasteiger partial charge is 0.198 e. The molecular weight excluding hydrogens is 146 g/mol. The molecule has 4 heteroatoms. The van der Waals surface area contributed by atoms with Crippen LogP contribution in [0.15, 0.2) is 22.1 Å². The zero-order chi connectivity index (χ0) is 7.56. The molecule has 0 atom stereocenters. The quantitative estimate of drug-likeness (QED) is 0.515. The molecule has 1 aliphatic rings. The maximum atomic E-state index is 4.77. The number of thiocarbonyl (C=S) groups is 1. The van der Waals surface area contributed by atoms with Crippen molar-refractivity contribution in [3.63, 3.8) is 0 Å². The third-order valence-electron chi connectivity index (χ3n) is 1.09. The van der Waals surface area contributed by atoms with E-state index in [-0.39, 0.29) is 0 Å². The average Bonchev–Trinajstić information content (AvgIpc) is 1.94. The molecule has 1 aliphatic heterocycles. The molecule has 0 aliphatic carbocycles. The summed E-state index contributed by atoms with van der Waals surface area (Å²) in [5.74, 6) is 0.694. The van der Waals surface area contributed by atoms with Crippen molar-refractivity contribution < 1.29 is 0 Å². The number of hydrogen-bond acceptors (Lipinski definition) is 2. The zero-order valence-corrected chi connectivity index (χ0v) is 6.40. The summed E-state index contributed by atoms with van der Waals surface area (Å²) < 4.78 is 0. The molecule has 0 saturated carbocycles. The van der Waals surface area contributed by atoms with E-state index in [4.69, 9.17) is 12.2 Å². The molecule has 1 rings (SSSR count). The fourth-order valence-corrected chi connectivity index (χ4v) is 0.760. The first-order chi connectivity index (χ1) is 4.74. The van der Waals surface area contributed by atoms with Gasteiger partial charge in [-0.05, 0) is 12.2 Å². The molecule has 0 radical (unpaired) electrons. The van der Waals surface area contributed by atoms with Crippen molar-refractivity contribution >= 4 is 29.4 Å². The summed E-state index contributed by atoms with van der Waals surface area (Å²) in [6, 6.07) is 0. The van der Waals surface area contributed by atoms with Gasteiger partial charge in [0.25, 0.3) is 0 Å². The minimum Gasteiger partial charge on any atom is -0.315 e. The molecule has 0 unspecified atom stereocenters. The Labute approximate surface area is 64.6 Å². The summed E-state index contributed by atoms with van der Waals surface area (Å²) in [4.78, 5) is 7.73. The Hall–Kier alpha value is -1.03.